The van der Waals surface area contributed by atoms with Crippen LogP contribution in [0.3, 0.4) is 0 Å². The fourth-order valence-corrected chi connectivity index (χ4v) is 1.74. The lowest BCUT2D eigenvalue weighted by molar-refractivity contribution is 0.277. The van der Waals surface area contributed by atoms with Crippen molar-refractivity contribution in [2.24, 2.45) is 0 Å². The second kappa shape index (κ2) is 5.01. The number of nitrogens with zero attached hydrogens (tertiary/aromatic N) is 1. The fraction of sp³-hybridized carbons (Fsp3) is 0.308. The van der Waals surface area contributed by atoms with Crippen LogP contribution < -0.4 is 4.74 Å². The molecule has 0 fully saturated rings. The van der Waals surface area contributed by atoms with E-state index in [1.807, 2.05) is 12.1 Å². The van der Waals surface area contributed by atoms with Crippen molar-refractivity contribution in [2.45, 2.75) is 20.0 Å². The van der Waals surface area contributed by atoms with Crippen LogP contribution in [-0.4, -0.2) is 22.2 Å². The minimum absolute atomic E-state index is 0.0389. The van der Waals surface area contributed by atoms with Gasteiger partial charge in [0.15, 0.2) is 0 Å². The molecule has 2 rings (SSSR count). The minimum atomic E-state index is -0.0389. The Balaban J connectivity index is 2.47. The van der Waals surface area contributed by atoms with Gasteiger partial charge in [0, 0.05) is 0 Å². The number of aliphatic hydroxyl groups is 1. The average molecular weight is 232 g/mol. The molecule has 90 valence electrons. The van der Waals surface area contributed by atoms with Gasteiger partial charge in [-0.2, -0.15) is 0 Å². The molecule has 0 amide bonds. The summed E-state index contributed by atoms with van der Waals surface area (Å²) >= 11 is 0. The summed E-state index contributed by atoms with van der Waals surface area (Å²) in [7, 11) is 1.64. The van der Waals surface area contributed by atoms with Crippen molar-refractivity contribution < 1.29 is 9.84 Å². The summed E-state index contributed by atoms with van der Waals surface area (Å²) in [5.41, 5.74) is 2.85. The van der Waals surface area contributed by atoms with Gasteiger partial charge in [0.05, 0.1) is 31.2 Å². The summed E-state index contributed by atoms with van der Waals surface area (Å²) in [6, 6.07) is 6.03. The maximum atomic E-state index is 9.02. The van der Waals surface area contributed by atoms with E-state index in [1.165, 1.54) is 5.56 Å². The fourth-order valence-electron chi connectivity index (χ4n) is 1.74. The summed E-state index contributed by atoms with van der Waals surface area (Å²) in [5.74, 6) is 1.50. The van der Waals surface area contributed by atoms with Crippen molar-refractivity contribution >= 4 is 0 Å². The maximum Gasteiger partial charge on any atom is 0.141 e. The summed E-state index contributed by atoms with van der Waals surface area (Å²) in [6.45, 7) is 2.07. The number of hydrogen-bond donors (Lipinski definition) is 2. The molecule has 0 unspecified atom stereocenters. The highest BCUT2D eigenvalue weighted by Crippen LogP contribution is 2.29. The number of H-pyrrole nitrogens is 1. The van der Waals surface area contributed by atoms with Crippen molar-refractivity contribution in [1.29, 1.82) is 0 Å². The number of aliphatic hydroxyl groups excluding tert-OH is 1. The maximum absolute atomic E-state index is 9.02. The molecule has 0 saturated carbocycles. The molecular formula is C13H16N2O2. The van der Waals surface area contributed by atoms with Gasteiger partial charge in [-0.25, -0.2) is 4.98 Å². The van der Waals surface area contributed by atoms with E-state index in [4.69, 9.17) is 9.84 Å². The first-order valence-corrected chi connectivity index (χ1v) is 5.60. The molecule has 17 heavy (non-hydrogen) atoms. The summed E-state index contributed by atoms with van der Waals surface area (Å²) in [5, 5.41) is 9.02. The van der Waals surface area contributed by atoms with Crippen molar-refractivity contribution in [3.8, 4) is 17.1 Å². The average Bonchev–Trinajstić information content (AvgIpc) is 2.86. The number of aryl methyl sites for hydroxylation is 1. The third-order valence-corrected chi connectivity index (χ3v) is 2.73. The van der Waals surface area contributed by atoms with Gasteiger partial charge in [0.25, 0.3) is 0 Å². The van der Waals surface area contributed by atoms with E-state index in [0.717, 1.165) is 23.6 Å². The number of hydrogen-bond acceptors (Lipinski definition) is 3. The Morgan fingerprint density at radius 3 is 2.82 bits per heavy atom. The highest BCUT2D eigenvalue weighted by atomic mass is 16.5. The molecule has 4 nitrogen and oxygen atoms in total. The van der Waals surface area contributed by atoms with Crippen LogP contribution in [0.1, 0.15) is 18.2 Å². The number of aromatic amines is 1. The van der Waals surface area contributed by atoms with E-state index in [-0.39, 0.29) is 6.61 Å². The second-order valence-electron chi connectivity index (χ2n) is 3.80. The quantitative estimate of drug-likeness (QED) is 0.849. The molecule has 4 heteroatoms. The smallest absolute Gasteiger partial charge is 0.141 e. The molecule has 0 aliphatic heterocycles. The van der Waals surface area contributed by atoms with Crippen LogP contribution in [-0.2, 0) is 13.0 Å². The SMILES string of the molecule is CCc1ccc(OC)c(-c2ncc(CO)[nH]2)c1. The third-order valence-electron chi connectivity index (χ3n) is 2.73. The Morgan fingerprint density at radius 1 is 1.41 bits per heavy atom. The number of nitrogens with one attached hydrogen (secondary N) is 1. The van der Waals surface area contributed by atoms with E-state index in [9.17, 15) is 0 Å². The standard InChI is InChI=1S/C13H16N2O2/c1-3-9-4-5-12(17-2)11(6-9)13-14-7-10(8-16)15-13/h4-7,16H,3,8H2,1-2H3,(H,14,15). The van der Waals surface area contributed by atoms with Crippen molar-refractivity contribution in [3.05, 3.63) is 35.7 Å². The number of ether oxygens (including phenoxy) is 1. The van der Waals surface area contributed by atoms with Crippen molar-refractivity contribution in [1.82, 2.24) is 9.97 Å². The normalized spacial score (nSPS) is 10.5. The van der Waals surface area contributed by atoms with Crippen LogP contribution in [0.4, 0.5) is 0 Å². The highest BCUT2D eigenvalue weighted by molar-refractivity contribution is 5.65. The predicted octanol–water partition coefficient (Wildman–Crippen LogP) is 2.14. The Bertz CT molecular complexity index is 506. The zero-order chi connectivity index (χ0) is 12.3. The molecule has 0 bridgehead atoms. The molecule has 2 aromatic rings. The summed E-state index contributed by atoms with van der Waals surface area (Å²) in [4.78, 5) is 7.31. The summed E-state index contributed by atoms with van der Waals surface area (Å²) < 4.78 is 5.32. The van der Waals surface area contributed by atoms with E-state index < -0.39 is 0 Å². The molecule has 1 heterocycles. The topological polar surface area (TPSA) is 58.1 Å². The van der Waals surface area contributed by atoms with E-state index in [2.05, 4.69) is 23.0 Å². The number of imidazole rings is 1. The largest absolute Gasteiger partial charge is 0.496 e. The molecule has 0 aliphatic carbocycles. The first-order valence-electron chi connectivity index (χ1n) is 5.60. The van der Waals surface area contributed by atoms with Gasteiger partial charge in [-0.05, 0) is 24.1 Å². The van der Waals surface area contributed by atoms with Gasteiger partial charge in [0.1, 0.15) is 11.6 Å². The lowest BCUT2D eigenvalue weighted by Crippen LogP contribution is -1.92. The zero-order valence-electron chi connectivity index (χ0n) is 10.0. The Morgan fingerprint density at radius 2 is 2.24 bits per heavy atom. The Hall–Kier alpha value is -1.81. The number of benzene rings is 1. The molecule has 2 N–H and O–H groups in total. The molecule has 0 atom stereocenters. The molecule has 0 radical (unpaired) electrons. The highest BCUT2D eigenvalue weighted by Gasteiger charge is 2.10. The van der Waals surface area contributed by atoms with Crippen LogP contribution in [0.15, 0.2) is 24.4 Å². The third kappa shape index (κ3) is 2.31. The number of rotatable bonds is 4. The van der Waals surface area contributed by atoms with E-state index >= 15 is 0 Å². The van der Waals surface area contributed by atoms with Crippen LogP contribution in [0.5, 0.6) is 5.75 Å². The van der Waals surface area contributed by atoms with Crippen LogP contribution in [0, 0.1) is 0 Å². The van der Waals surface area contributed by atoms with Crippen LogP contribution >= 0.6 is 0 Å². The van der Waals surface area contributed by atoms with E-state index in [1.54, 1.807) is 13.3 Å². The van der Waals surface area contributed by atoms with Crippen LogP contribution in [0.2, 0.25) is 0 Å². The van der Waals surface area contributed by atoms with E-state index in [0.29, 0.717) is 5.69 Å². The number of aromatic nitrogens is 2. The van der Waals surface area contributed by atoms with Gasteiger partial charge < -0.3 is 14.8 Å². The van der Waals surface area contributed by atoms with Gasteiger partial charge in [0.2, 0.25) is 0 Å². The number of methoxy groups -OCH3 is 1. The second-order valence-corrected chi connectivity index (χ2v) is 3.80. The zero-order valence-corrected chi connectivity index (χ0v) is 10.0. The molecule has 0 saturated heterocycles. The monoisotopic (exact) mass is 232 g/mol. The van der Waals surface area contributed by atoms with Crippen molar-refractivity contribution in [3.63, 3.8) is 0 Å². The molecular weight excluding hydrogens is 216 g/mol. The van der Waals surface area contributed by atoms with Gasteiger partial charge >= 0.3 is 0 Å². The minimum Gasteiger partial charge on any atom is -0.496 e. The lowest BCUT2D eigenvalue weighted by atomic mass is 10.1. The first-order chi connectivity index (χ1) is 8.28. The Labute approximate surface area is 100 Å². The first kappa shape index (κ1) is 11.7. The Kier molecular flexibility index (Phi) is 3.44. The summed E-state index contributed by atoms with van der Waals surface area (Å²) in [6.07, 6.45) is 2.60. The van der Waals surface area contributed by atoms with Crippen LogP contribution in [0.25, 0.3) is 11.4 Å². The lowest BCUT2D eigenvalue weighted by Gasteiger charge is -2.08. The predicted molar refractivity (Wildman–Crippen MR) is 65.9 cm³/mol. The van der Waals surface area contributed by atoms with Gasteiger partial charge in [-0.15, -0.1) is 0 Å². The molecule has 1 aromatic heterocycles. The van der Waals surface area contributed by atoms with Gasteiger partial charge in [-0.1, -0.05) is 13.0 Å². The molecule has 0 spiro atoms. The molecule has 1 aromatic carbocycles. The molecule has 0 aliphatic rings. The van der Waals surface area contributed by atoms with Gasteiger partial charge in [-0.3, -0.25) is 0 Å². The van der Waals surface area contributed by atoms with Crippen molar-refractivity contribution in [2.75, 3.05) is 7.11 Å².